The summed E-state index contributed by atoms with van der Waals surface area (Å²) in [5.41, 5.74) is 0. The number of hydrogen-bond donors (Lipinski definition) is 2. The Kier molecular flexibility index (Phi) is 4.86. The molecule has 0 bridgehead atoms. The van der Waals surface area contributed by atoms with Crippen LogP contribution in [-0.2, 0) is 9.53 Å². The maximum atomic E-state index is 11.3. The molecule has 5 heteroatoms. The van der Waals surface area contributed by atoms with Gasteiger partial charge in [-0.3, -0.25) is 9.69 Å². The summed E-state index contributed by atoms with van der Waals surface area (Å²) >= 11 is 0. The van der Waals surface area contributed by atoms with Crippen LogP contribution in [0.15, 0.2) is 0 Å². The average Bonchev–Trinajstić information content (AvgIpc) is 2.15. The third-order valence-electron chi connectivity index (χ3n) is 2.13. The molecule has 1 atom stereocenters. The van der Waals surface area contributed by atoms with Gasteiger partial charge in [-0.15, -0.1) is 0 Å². The van der Waals surface area contributed by atoms with Crippen LogP contribution in [0.3, 0.4) is 0 Å². The predicted octanol–water partition coefficient (Wildman–Crippen LogP) is -1.18. The number of rotatable bonds is 4. The summed E-state index contributed by atoms with van der Waals surface area (Å²) in [5, 5.41) is 11.1. The van der Waals surface area contributed by atoms with Crippen molar-refractivity contribution in [2.75, 3.05) is 39.4 Å². The largest absolute Gasteiger partial charge is 0.395 e. The number of morpholine rings is 1. The number of ether oxygens (including phenoxy) is 1. The average molecular weight is 202 g/mol. The minimum atomic E-state index is -0.0341. The van der Waals surface area contributed by atoms with Crippen LogP contribution in [0.25, 0.3) is 0 Å². The van der Waals surface area contributed by atoms with E-state index in [0.29, 0.717) is 19.7 Å². The van der Waals surface area contributed by atoms with Crippen molar-refractivity contribution in [2.45, 2.75) is 13.0 Å². The van der Waals surface area contributed by atoms with Gasteiger partial charge in [0, 0.05) is 19.6 Å². The van der Waals surface area contributed by atoms with Crippen LogP contribution < -0.4 is 5.32 Å². The van der Waals surface area contributed by atoms with Crippen LogP contribution >= 0.6 is 0 Å². The third kappa shape index (κ3) is 4.04. The maximum absolute atomic E-state index is 11.3. The van der Waals surface area contributed by atoms with Crippen LogP contribution in [0.1, 0.15) is 6.92 Å². The molecule has 0 radical (unpaired) electrons. The summed E-state index contributed by atoms with van der Waals surface area (Å²) in [4.78, 5) is 13.3. The van der Waals surface area contributed by atoms with E-state index in [9.17, 15) is 4.79 Å². The van der Waals surface area contributed by atoms with Gasteiger partial charge in [-0.25, -0.2) is 0 Å². The summed E-state index contributed by atoms with van der Waals surface area (Å²) in [5.74, 6) is -0.0341. The number of carbonyl (C=O) groups excluding carboxylic acids is 1. The molecule has 0 aromatic heterocycles. The summed E-state index contributed by atoms with van der Waals surface area (Å²) < 4.78 is 5.36. The monoisotopic (exact) mass is 202 g/mol. The molecule has 1 amide bonds. The zero-order chi connectivity index (χ0) is 10.4. The molecular formula is C9H18N2O3. The number of nitrogens with one attached hydrogen (secondary N) is 1. The first-order valence-corrected chi connectivity index (χ1v) is 4.94. The number of aliphatic hydroxyl groups excluding tert-OH is 1. The highest BCUT2D eigenvalue weighted by molar-refractivity contribution is 5.77. The molecule has 2 N–H and O–H groups in total. The van der Waals surface area contributed by atoms with E-state index in [1.165, 1.54) is 0 Å². The van der Waals surface area contributed by atoms with Crippen molar-refractivity contribution in [1.82, 2.24) is 10.2 Å². The van der Waals surface area contributed by atoms with Crippen LogP contribution in [0.4, 0.5) is 0 Å². The van der Waals surface area contributed by atoms with Crippen molar-refractivity contribution in [1.29, 1.82) is 0 Å². The Morgan fingerprint density at radius 3 is 3.14 bits per heavy atom. The molecule has 0 aromatic carbocycles. The van der Waals surface area contributed by atoms with Gasteiger partial charge in [0.15, 0.2) is 0 Å². The topological polar surface area (TPSA) is 61.8 Å². The van der Waals surface area contributed by atoms with E-state index in [2.05, 4.69) is 10.2 Å². The van der Waals surface area contributed by atoms with Crippen molar-refractivity contribution in [3.8, 4) is 0 Å². The number of hydrogen-bond acceptors (Lipinski definition) is 4. The van der Waals surface area contributed by atoms with Crippen molar-refractivity contribution >= 4 is 5.91 Å². The molecule has 1 unspecified atom stereocenters. The van der Waals surface area contributed by atoms with Gasteiger partial charge in [0.2, 0.25) is 5.91 Å². The fourth-order valence-electron chi connectivity index (χ4n) is 1.49. The third-order valence-corrected chi connectivity index (χ3v) is 2.13. The van der Waals surface area contributed by atoms with Gasteiger partial charge < -0.3 is 15.2 Å². The Bertz CT molecular complexity index is 187. The molecule has 0 saturated carbocycles. The highest BCUT2D eigenvalue weighted by Crippen LogP contribution is 2.02. The van der Waals surface area contributed by atoms with E-state index < -0.39 is 0 Å². The van der Waals surface area contributed by atoms with Crippen LogP contribution in [-0.4, -0.2) is 61.4 Å². The van der Waals surface area contributed by atoms with Gasteiger partial charge >= 0.3 is 0 Å². The normalized spacial score (nSPS) is 23.4. The van der Waals surface area contributed by atoms with E-state index in [-0.39, 0.29) is 18.6 Å². The minimum absolute atomic E-state index is 0.00868. The quantitative estimate of drug-likeness (QED) is 0.602. The molecular weight excluding hydrogens is 184 g/mol. The lowest BCUT2D eigenvalue weighted by molar-refractivity contribution is -0.124. The molecule has 82 valence electrons. The standard InChI is InChI=1S/C9H18N2O3/c1-8-6-11(3-5-14-8)7-9(13)10-2-4-12/h8,12H,2-7H2,1H3,(H,10,13). The molecule has 1 rings (SSSR count). The number of aliphatic hydroxyl groups is 1. The second kappa shape index (κ2) is 5.95. The van der Waals surface area contributed by atoms with Gasteiger partial charge in [-0.1, -0.05) is 0 Å². The van der Waals surface area contributed by atoms with Crippen molar-refractivity contribution in [3.63, 3.8) is 0 Å². The lowest BCUT2D eigenvalue weighted by atomic mass is 10.3. The fourth-order valence-corrected chi connectivity index (χ4v) is 1.49. The van der Waals surface area contributed by atoms with Gasteiger partial charge in [0.25, 0.3) is 0 Å². The zero-order valence-electron chi connectivity index (χ0n) is 8.53. The van der Waals surface area contributed by atoms with Crippen LogP contribution in [0.2, 0.25) is 0 Å². The zero-order valence-corrected chi connectivity index (χ0v) is 8.53. The van der Waals surface area contributed by atoms with E-state index in [4.69, 9.17) is 9.84 Å². The second-order valence-corrected chi connectivity index (χ2v) is 3.49. The highest BCUT2D eigenvalue weighted by Gasteiger charge is 2.18. The number of carbonyl (C=O) groups is 1. The Hall–Kier alpha value is -0.650. The molecule has 1 heterocycles. The van der Waals surface area contributed by atoms with Gasteiger partial charge in [0.1, 0.15) is 0 Å². The Morgan fingerprint density at radius 1 is 1.71 bits per heavy atom. The lowest BCUT2D eigenvalue weighted by Crippen LogP contribution is -2.46. The molecule has 0 spiro atoms. The predicted molar refractivity (Wildman–Crippen MR) is 51.9 cm³/mol. The first-order valence-electron chi connectivity index (χ1n) is 4.94. The SMILES string of the molecule is CC1CN(CC(=O)NCCO)CCO1. The van der Waals surface area contributed by atoms with Crippen molar-refractivity contribution in [3.05, 3.63) is 0 Å². The molecule has 0 aromatic rings. The maximum Gasteiger partial charge on any atom is 0.234 e. The first kappa shape index (κ1) is 11.4. The Morgan fingerprint density at radius 2 is 2.50 bits per heavy atom. The van der Waals surface area contributed by atoms with Crippen molar-refractivity contribution in [2.24, 2.45) is 0 Å². The summed E-state index contributed by atoms with van der Waals surface area (Å²) in [6.45, 7) is 5.01. The molecule has 1 fully saturated rings. The first-order chi connectivity index (χ1) is 6.72. The van der Waals surface area contributed by atoms with Crippen LogP contribution in [0, 0.1) is 0 Å². The van der Waals surface area contributed by atoms with E-state index in [1.54, 1.807) is 0 Å². The smallest absolute Gasteiger partial charge is 0.234 e. The van der Waals surface area contributed by atoms with E-state index in [1.807, 2.05) is 6.92 Å². The van der Waals surface area contributed by atoms with Crippen LogP contribution in [0.5, 0.6) is 0 Å². The Labute approximate surface area is 84.0 Å². The second-order valence-electron chi connectivity index (χ2n) is 3.49. The van der Waals surface area contributed by atoms with E-state index in [0.717, 1.165) is 13.1 Å². The highest BCUT2D eigenvalue weighted by atomic mass is 16.5. The van der Waals surface area contributed by atoms with Gasteiger partial charge in [0.05, 0.1) is 25.9 Å². The fraction of sp³-hybridized carbons (Fsp3) is 0.889. The van der Waals surface area contributed by atoms with E-state index >= 15 is 0 Å². The van der Waals surface area contributed by atoms with Gasteiger partial charge in [-0.05, 0) is 6.92 Å². The number of nitrogens with zero attached hydrogens (tertiary/aromatic N) is 1. The molecule has 1 aliphatic heterocycles. The molecule has 14 heavy (non-hydrogen) atoms. The summed E-state index contributed by atoms with van der Waals surface area (Å²) in [6, 6.07) is 0. The minimum Gasteiger partial charge on any atom is -0.395 e. The van der Waals surface area contributed by atoms with Gasteiger partial charge in [-0.2, -0.15) is 0 Å². The Balaban J connectivity index is 2.18. The summed E-state index contributed by atoms with van der Waals surface area (Å²) in [6.07, 6.45) is 0.203. The molecule has 0 aliphatic carbocycles. The molecule has 1 aliphatic rings. The lowest BCUT2D eigenvalue weighted by Gasteiger charge is -2.30. The molecule has 5 nitrogen and oxygen atoms in total. The van der Waals surface area contributed by atoms with Crippen molar-refractivity contribution < 1.29 is 14.6 Å². The molecule has 1 saturated heterocycles. The number of amides is 1. The summed E-state index contributed by atoms with van der Waals surface area (Å²) in [7, 11) is 0.